The van der Waals surface area contributed by atoms with E-state index < -0.39 is 37.0 Å². The Morgan fingerprint density at radius 1 is 1.29 bits per heavy atom. The number of carbonyl (C=O) groups excluding carboxylic acids is 2. The van der Waals surface area contributed by atoms with Gasteiger partial charge < -0.3 is 25.2 Å². The molecule has 0 aliphatic heterocycles. The molecule has 0 aliphatic rings. The minimum absolute atomic E-state index is 0.124. The quantitative estimate of drug-likeness (QED) is 0.228. The van der Waals surface area contributed by atoms with Gasteiger partial charge in [0.1, 0.15) is 18.3 Å². The van der Waals surface area contributed by atoms with Crippen LogP contribution in [0.4, 0.5) is 0 Å². The van der Waals surface area contributed by atoms with Crippen LogP contribution in [0.5, 0.6) is 0 Å². The highest BCUT2D eigenvalue weighted by Gasteiger charge is 2.33. The van der Waals surface area contributed by atoms with Crippen LogP contribution in [-0.4, -0.2) is 63.7 Å². The largest absolute Gasteiger partial charge is 0.449 e. The molecule has 0 aromatic rings. The summed E-state index contributed by atoms with van der Waals surface area (Å²) in [5.74, 6) is -0.866. The maximum absolute atomic E-state index is 11.0. The number of carbonyl (C=O) groups is 2. The predicted molar refractivity (Wildman–Crippen MR) is 55.9 cm³/mol. The molecule has 0 rings (SSSR count). The average Bonchev–Trinajstić information content (AvgIpc) is 2.33. The Labute approximate surface area is 97.9 Å². The topological polar surface area (TPSA) is 124 Å². The van der Waals surface area contributed by atoms with Gasteiger partial charge in [-0.15, -0.1) is 0 Å². The summed E-state index contributed by atoms with van der Waals surface area (Å²) in [6.45, 7) is 0.755. The summed E-state index contributed by atoms with van der Waals surface area (Å²) in [5, 5.41) is 36.3. The van der Waals surface area contributed by atoms with Crippen molar-refractivity contribution in [3.63, 3.8) is 0 Å². The molecule has 0 aromatic heterocycles. The van der Waals surface area contributed by atoms with Gasteiger partial charge in [0, 0.05) is 6.08 Å². The second kappa shape index (κ2) is 7.91. The lowest BCUT2D eigenvalue weighted by molar-refractivity contribution is -0.163. The Balaban J connectivity index is 4.54. The summed E-state index contributed by atoms with van der Waals surface area (Å²) in [6.07, 6.45) is -4.34. The van der Waals surface area contributed by atoms with Gasteiger partial charge in [0.25, 0.3) is 0 Å². The number of rotatable bonds is 7. The van der Waals surface area contributed by atoms with Gasteiger partial charge in [-0.3, -0.25) is 4.79 Å². The number of esters is 1. The molecule has 7 heteroatoms. The van der Waals surface area contributed by atoms with Gasteiger partial charge in [0.05, 0.1) is 6.61 Å². The minimum atomic E-state index is -1.82. The molecule has 0 saturated heterocycles. The van der Waals surface area contributed by atoms with Crippen molar-refractivity contribution in [2.75, 3.05) is 6.61 Å². The highest BCUT2D eigenvalue weighted by molar-refractivity contribution is 5.83. The Hall–Kier alpha value is -1.28. The fourth-order valence-corrected chi connectivity index (χ4v) is 1.02. The van der Waals surface area contributed by atoms with Crippen molar-refractivity contribution in [3.05, 3.63) is 12.2 Å². The van der Waals surface area contributed by atoms with Crippen molar-refractivity contribution in [1.29, 1.82) is 0 Å². The first-order valence-corrected chi connectivity index (χ1v) is 4.91. The first-order valence-electron chi connectivity index (χ1n) is 4.91. The number of ether oxygens (including phenoxy) is 1. The highest BCUT2D eigenvalue weighted by Crippen LogP contribution is 2.07. The summed E-state index contributed by atoms with van der Waals surface area (Å²) < 4.78 is 4.52. The van der Waals surface area contributed by atoms with E-state index in [1.807, 2.05) is 0 Å². The van der Waals surface area contributed by atoms with E-state index in [9.17, 15) is 19.8 Å². The molecule has 0 saturated carbocycles. The lowest BCUT2D eigenvalue weighted by Crippen LogP contribution is -2.47. The van der Waals surface area contributed by atoms with Crippen molar-refractivity contribution >= 4 is 12.3 Å². The van der Waals surface area contributed by atoms with Crippen LogP contribution in [0, 0.1) is 0 Å². The van der Waals surface area contributed by atoms with E-state index in [2.05, 4.69) is 4.74 Å². The second-order valence-electron chi connectivity index (χ2n) is 3.27. The maximum atomic E-state index is 11.0. The predicted octanol–water partition coefficient (Wildman–Crippen LogP) is -2.25. The monoisotopic (exact) mass is 248 g/mol. The van der Waals surface area contributed by atoms with Crippen LogP contribution < -0.4 is 0 Å². The molecule has 0 fully saturated rings. The average molecular weight is 248 g/mol. The molecule has 4 N–H and O–H groups in total. The molecular formula is C10H16O7. The van der Waals surface area contributed by atoms with Crippen LogP contribution in [0.2, 0.25) is 0 Å². The van der Waals surface area contributed by atoms with Crippen LogP contribution >= 0.6 is 0 Å². The summed E-state index contributed by atoms with van der Waals surface area (Å²) in [7, 11) is 0. The molecule has 0 spiro atoms. The number of aliphatic hydroxyl groups is 4. The molecule has 4 atom stereocenters. The van der Waals surface area contributed by atoms with Gasteiger partial charge in [-0.1, -0.05) is 6.08 Å². The van der Waals surface area contributed by atoms with Crippen molar-refractivity contribution < 1.29 is 34.8 Å². The normalized spacial score (nSPS) is 18.4. The van der Waals surface area contributed by atoms with E-state index in [4.69, 9.17) is 10.2 Å². The zero-order valence-electron chi connectivity index (χ0n) is 9.26. The molecular weight excluding hydrogens is 232 g/mol. The van der Waals surface area contributed by atoms with E-state index in [0.717, 1.165) is 6.08 Å². The molecule has 0 unspecified atom stereocenters. The molecule has 17 heavy (non-hydrogen) atoms. The van der Waals surface area contributed by atoms with Crippen LogP contribution in [0.3, 0.4) is 0 Å². The van der Waals surface area contributed by atoms with Crippen molar-refractivity contribution in [2.45, 2.75) is 31.3 Å². The van der Waals surface area contributed by atoms with Gasteiger partial charge >= 0.3 is 5.97 Å². The summed E-state index contributed by atoms with van der Waals surface area (Å²) in [6, 6.07) is 0. The van der Waals surface area contributed by atoms with Crippen molar-refractivity contribution in [3.8, 4) is 0 Å². The number of aliphatic hydroxyl groups excluding tert-OH is 4. The molecule has 0 amide bonds. The summed E-state index contributed by atoms with van der Waals surface area (Å²) >= 11 is 0. The number of hydrogen-bond donors (Lipinski definition) is 4. The molecule has 0 bridgehead atoms. The van der Waals surface area contributed by atoms with E-state index in [1.54, 1.807) is 6.92 Å². The lowest BCUT2D eigenvalue weighted by atomic mass is 10.0. The fraction of sp³-hybridized carbons (Fsp3) is 0.600. The first-order chi connectivity index (χ1) is 7.97. The zero-order valence-corrected chi connectivity index (χ0v) is 9.26. The fourth-order valence-electron chi connectivity index (χ4n) is 1.02. The zero-order chi connectivity index (χ0) is 13.4. The van der Waals surface area contributed by atoms with Crippen LogP contribution in [0.1, 0.15) is 6.92 Å². The van der Waals surface area contributed by atoms with E-state index in [-0.39, 0.29) is 6.29 Å². The van der Waals surface area contributed by atoms with Crippen LogP contribution in [0.15, 0.2) is 12.2 Å². The number of hydrogen-bond acceptors (Lipinski definition) is 7. The third-order valence-corrected chi connectivity index (χ3v) is 1.96. The molecule has 0 aliphatic carbocycles. The first kappa shape index (κ1) is 15.7. The van der Waals surface area contributed by atoms with Crippen LogP contribution in [0.25, 0.3) is 0 Å². The van der Waals surface area contributed by atoms with Gasteiger partial charge in [-0.25, -0.2) is 4.79 Å². The standard InChI is InChI=1S/C10H16O7/c1-2-3-8(14)17-7(5-12)10(16)9(15)6(13)4-11/h2-3,5-7,9-11,13,15-16H,4H2,1H3/b3-2+/t6-,7+,9-,10-/m1/s1. The van der Waals surface area contributed by atoms with E-state index in [1.165, 1.54) is 6.08 Å². The Morgan fingerprint density at radius 3 is 2.29 bits per heavy atom. The Bertz CT molecular complexity index is 276. The third kappa shape index (κ3) is 5.05. The van der Waals surface area contributed by atoms with Crippen LogP contribution in [-0.2, 0) is 14.3 Å². The maximum Gasteiger partial charge on any atom is 0.331 e. The SMILES string of the molecule is C/C=C/C(=O)O[C@@H](C=O)[C@@H](O)[C@H](O)[C@H](O)CO. The Morgan fingerprint density at radius 2 is 1.88 bits per heavy atom. The molecule has 7 nitrogen and oxygen atoms in total. The molecule has 98 valence electrons. The number of aldehydes is 1. The van der Waals surface area contributed by atoms with E-state index in [0.29, 0.717) is 0 Å². The molecule has 0 radical (unpaired) electrons. The Kier molecular flexibility index (Phi) is 7.31. The van der Waals surface area contributed by atoms with E-state index >= 15 is 0 Å². The van der Waals surface area contributed by atoms with Gasteiger partial charge in [0.2, 0.25) is 0 Å². The van der Waals surface area contributed by atoms with Crippen molar-refractivity contribution in [2.24, 2.45) is 0 Å². The summed E-state index contributed by atoms with van der Waals surface area (Å²) in [4.78, 5) is 21.6. The smallest absolute Gasteiger partial charge is 0.331 e. The third-order valence-electron chi connectivity index (χ3n) is 1.96. The second-order valence-corrected chi connectivity index (χ2v) is 3.27. The molecule has 0 aromatic carbocycles. The minimum Gasteiger partial charge on any atom is -0.449 e. The van der Waals surface area contributed by atoms with Gasteiger partial charge in [0.15, 0.2) is 12.4 Å². The summed E-state index contributed by atoms with van der Waals surface area (Å²) in [5.41, 5.74) is 0. The van der Waals surface area contributed by atoms with Gasteiger partial charge in [-0.2, -0.15) is 0 Å². The number of allylic oxidation sites excluding steroid dienone is 1. The lowest BCUT2D eigenvalue weighted by Gasteiger charge is -2.25. The van der Waals surface area contributed by atoms with Crippen molar-refractivity contribution in [1.82, 2.24) is 0 Å². The molecule has 0 heterocycles. The van der Waals surface area contributed by atoms with Gasteiger partial charge in [-0.05, 0) is 6.92 Å². The highest BCUT2D eigenvalue weighted by atomic mass is 16.6.